The molecular weight excluding hydrogens is 734 g/mol. The highest BCUT2D eigenvalue weighted by molar-refractivity contribution is 5.93. The number of carbonyl (C=O) groups excluding carboxylic acids is 4. The number of hydrogen-bond donors (Lipinski definition) is 5. The quantitative estimate of drug-likeness (QED) is 0.118. The van der Waals surface area contributed by atoms with Crippen LogP contribution in [-0.4, -0.2) is 92.6 Å². The predicted octanol–water partition coefficient (Wildman–Crippen LogP) is 4.12. The van der Waals surface area contributed by atoms with Gasteiger partial charge in [-0.15, -0.1) is 0 Å². The molecule has 3 fully saturated rings. The number of fused-ring (bicyclic) bond motifs is 5. The number of nitrogens with one attached hydrogen (secondary N) is 1. The lowest BCUT2D eigenvalue weighted by Crippen LogP contribution is -2.78. The third kappa shape index (κ3) is 6.84. The van der Waals surface area contributed by atoms with Crippen LogP contribution in [0.15, 0.2) is 102 Å². The van der Waals surface area contributed by atoms with Crippen LogP contribution in [-0.2, 0) is 35.1 Å². The average Bonchev–Trinajstić information content (AvgIpc) is 3.20. The molecule has 2 saturated carbocycles. The van der Waals surface area contributed by atoms with Crippen molar-refractivity contribution < 1.29 is 58.6 Å². The highest BCUT2D eigenvalue weighted by Gasteiger charge is 2.74. The summed E-state index contributed by atoms with van der Waals surface area (Å²) >= 11 is 0. The topological polar surface area (TPSA) is 198 Å². The molecule has 1 saturated heterocycles. The molecule has 0 radical (unpaired) electrons. The van der Waals surface area contributed by atoms with Gasteiger partial charge in [0.1, 0.15) is 36.1 Å². The summed E-state index contributed by atoms with van der Waals surface area (Å²) < 4.78 is 23.4. The Hall–Kier alpha value is -4.92. The SMILES string of the molecule is CC1=C2C(O)C(=O)[C@]3(C)CCC4OCC4(O)C3C(OC(=O)c3ccccc3)C(O)(CC1OC(=O)C(O)C(NC(=O)OCc1ccccc1)c1ccccc1)C2(C)C. The van der Waals surface area contributed by atoms with E-state index < -0.39 is 94.7 Å². The smallest absolute Gasteiger partial charge is 0.408 e. The van der Waals surface area contributed by atoms with E-state index in [0.29, 0.717) is 5.56 Å². The summed E-state index contributed by atoms with van der Waals surface area (Å²) in [5, 5.41) is 51.8. The lowest BCUT2D eigenvalue weighted by Gasteiger charge is -2.66. The summed E-state index contributed by atoms with van der Waals surface area (Å²) in [6, 6.07) is 24.0. The highest BCUT2D eigenvalue weighted by atomic mass is 16.6. The second-order valence-corrected chi connectivity index (χ2v) is 16.5. The predicted molar refractivity (Wildman–Crippen MR) is 203 cm³/mol. The van der Waals surface area contributed by atoms with Crippen molar-refractivity contribution in [2.24, 2.45) is 16.7 Å². The summed E-state index contributed by atoms with van der Waals surface area (Å²) in [6.07, 6.45) is -8.39. The molecule has 3 aromatic carbocycles. The van der Waals surface area contributed by atoms with Gasteiger partial charge in [0, 0.05) is 23.2 Å². The molecule has 2 bridgehead atoms. The molecule has 3 aromatic rings. The number of esters is 2. The first kappa shape index (κ1) is 40.3. The minimum Gasteiger partial charge on any atom is -0.456 e. The zero-order valence-electron chi connectivity index (χ0n) is 32.3. The van der Waals surface area contributed by atoms with Crippen LogP contribution in [0.2, 0.25) is 0 Å². The summed E-state index contributed by atoms with van der Waals surface area (Å²) in [5.41, 5.74) is -5.36. The standard InChI is InChI=1S/C44H49NO12/c1-25-29(56-39(50)34(47)32(27-16-10-6-11-17-27)45-40(51)54-23-26-14-8-5-9-15-26)22-44(53)37(57-38(49)28-18-12-7-13-19-28)35-42(4,21-20-30-43(35,52)24-55-30)36(48)33(46)31(25)41(44,2)3/h5-19,29-30,32-35,37,46-47,52-53H,20-24H2,1-4H3,(H,45,51)/t29?,30?,32?,33?,34?,35?,37?,42-,43?,44?/m1/s1. The normalized spacial score (nSPS) is 32.5. The Bertz CT molecular complexity index is 2040. The van der Waals surface area contributed by atoms with Gasteiger partial charge in [0.25, 0.3) is 0 Å². The minimum atomic E-state index is -2.19. The molecular formula is C44H49NO12. The van der Waals surface area contributed by atoms with Crippen molar-refractivity contribution in [3.8, 4) is 0 Å². The molecule has 1 amide bonds. The number of aliphatic hydroxyl groups is 4. The van der Waals surface area contributed by atoms with Gasteiger partial charge < -0.3 is 44.7 Å². The highest BCUT2D eigenvalue weighted by Crippen LogP contribution is 2.63. The van der Waals surface area contributed by atoms with Crippen molar-refractivity contribution in [3.05, 3.63) is 119 Å². The molecule has 0 spiro atoms. The van der Waals surface area contributed by atoms with Crippen molar-refractivity contribution in [1.29, 1.82) is 0 Å². The lowest BCUT2D eigenvalue weighted by molar-refractivity contribution is -0.329. The molecule has 7 rings (SSSR count). The number of ether oxygens (including phenoxy) is 4. The number of benzene rings is 3. The maximum Gasteiger partial charge on any atom is 0.408 e. The summed E-state index contributed by atoms with van der Waals surface area (Å²) in [7, 11) is 0. The van der Waals surface area contributed by atoms with E-state index in [2.05, 4.69) is 5.32 Å². The summed E-state index contributed by atoms with van der Waals surface area (Å²) in [6.45, 7) is 6.13. The van der Waals surface area contributed by atoms with Crippen LogP contribution < -0.4 is 5.32 Å². The zero-order chi connectivity index (χ0) is 40.9. The molecule has 13 nitrogen and oxygen atoms in total. The number of aliphatic hydroxyl groups excluding tert-OH is 2. The average molecular weight is 784 g/mol. The van der Waals surface area contributed by atoms with Gasteiger partial charge in [0.2, 0.25) is 0 Å². The van der Waals surface area contributed by atoms with E-state index in [4.69, 9.17) is 18.9 Å². The summed E-state index contributed by atoms with van der Waals surface area (Å²) in [5.74, 6) is -3.92. The Morgan fingerprint density at radius 3 is 2.14 bits per heavy atom. The monoisotopic (exact) mass is 783 g/mol. The molecule has 1 aliphatic heterocycles. The first-order valence-electron chi connectivity index (χ1n) is 19.2. The molecule has 1 heterocycles. The van der Waals surface area contributed by atoms with E-state index in [1.807, 2.05) is 6.07 Å². The first-order valence-corrected chi connectivity index (χ1v) is 19.2. The Balaban J connectivity index is 1.25. The van der Waals surface area contributed by atoms with Crippen LogP contribution in [0.5, 0.6) is 0 Å². The molecule has 10 atom stereocenters. The van der Waals surface area contributed by atoms with E-state index in [1.54, 1.807) is 100 Å². The van der Waals surface area contributed by atoms with Crippen LogP contribution in [0.4, 0.5) is 4.79 Å². The van der Waals surface area contributed by atoms with Crippen LogP contribution >= 0.6 is 0 Å². The Kier molecular flexibility index (Phi) is 10.7. The number of ketones is 1. The number of amides is 1. The molecule has 57 heavy (non-hydrogen) atoms. The fraction of sp³-hybridized carbons (Fsp3) is 0.455. The largest absolute Gasteiger partial charge is 0.456 e. The Labute approximate surface area is 330 Å². The van der Waals surface area contributed by atoms with Crippen molar-refractivity contribution in [1.82, 2.24) is 5.32 Å². The van der Waals surface area contributed by atoms with Crippen LogP contribution in [0.1, 0.15) is 74.5 Å². The fourth-order valence-electron chi connectivity index (χ4n) is 9.64. The molecule has 5 N–H and O–H groups in total. The van der Waals surface area contributed by atoms with Gasteiger partial charge in [0.15, 0.2) is 11.9 Å². The van der Waals surface area contributed by atoms with Gasteiger partial charge >= 0.3 is 18.0 Å². The van der Waals surface area contributed by atoms with E-state index in [1.165, 1.54) is 12.1 Å². The van der Waals surface area contributed by atoms with E-state index in [0.717, 1.165) is 5.56 Å². The first-order chi connectivity index (χ1) is 27.0. The van der Waals surface area contributed by atoms with Gasteiger partial charge in [-0.1, -0.05) is 99.6 Å². The maximum absolute atomic E-state index is 14.7. The van der Waals surface area contributed by atoms with Gasteiger partial charge in [-0.2, -0.15) is 0 Å². The van der Waals surface area contributed by atoms with Crippen molar-refractivity contribution in [2.75, 3.05) is 6.61 Å². The molecule has 302 valence electrons. The second kappa shape index (κ2) is 15.1. The Morgan fingerprint density at radius 2 is 1.53 bits per heavy atom. The maximum atomic E-state index is 14.7. The lowest BCUT2D eigenvalue weighted by atomic mass is 9.45. The fourth-order valence-corrected chi connectivity index (χ4v) is 9.64. The number of carbonyl (C=O) groups is 4. The number of alkyl carbamates (subject to hydrolysis) is 1. The van der Waals surface area contributed by atoms with E-state index >= 15 is 0 Å². The van der Waals surface area contributed by atoms with Gasteiger partial charge in [-0.05, 0) is 54.2 Å². The van der Waals surface area contributed by atoms with Crippen LogP contribution in [0.3, 0.4) is 0 Å². The van der Waals surface area contributed by atoms with E-state index in [9.17, 15) is 39.6 Å². The number of rotatable bonds is 9. The van der Waals surface area contributed by atoms with Crippen molar-refractivity contribution >= 4 is 23.8 Å². The van der Waals surface area contributed by atoms with Gasteiger partial charge in [0.05, 0.1) is 24.3 Å². The van der Waals surface area contributed by atoms with Crippen LogP contribution in [0, 0.1) is 16.7 Å². The third-order valence-corrected chi connectivity index (χ3v) is 12.9. The molecule has 13 heteroatoms. The zero-order valence-corrected chi connectivity index (χ0v) is 32.3. The number of Topliss-reactive ketones (excluding diaryl/α,β-unsaturated/α-hetero) is 1. The second-order valence-electron chi connectivity index (χ2n) is 16.5. The van der Waals surface area contributed by atoms with Crippen molar-refractivity contribution in [3.63, 3.8) is 0 Å². The van der Waals surface area contributed by atoms with Gasteiger partial charge in [-0.25, -0.2) is 14.4 Å². The third-order valence-electron chi connectivity index (χ3n) is 12.9. The number of hydrogen-bond acceptors (Lipinski definition) is 12. The van der Waals surface area contributed by atoms with Crippen LogP contribution in [0.25, 0.3) is 0 Å². The molecule has 9 unspecified atom stereocenters. The molecule has 4 aliphatic rings. The molecule has 3 aliphatic carbocycles. The summed E-state index contributed by atoms with van der Waals surface area (Å²) in [4.78, 5) is 55.7. The van der Waals surface area contributed by atoms with Crippen molar-refractivity contribution in [2.45, 2.75) is 101 Å². The Morgan fingerprint density at radius 1 is 0.912 bits per heavy atom. The van der Waals surface area contributed by atoms with E-state index in [-0.39, 0.29) is 42.8 Å². The van der Waals surface area contributed by atoms with Gasteiger partial charge in [-0.3, -0.25) is 4.79 Å². The molecule has 0 aromatic heterocycles. The minimum absolute atomic E-state index is 0.0650.